The van der Waals surface area contributed by atoms with Crippen LogP contribution in [-0.2, 0) is 11.3 Å². The molecule has 3 rings (SSSR count). The Morgan fingerprint density at radius 1 is 1.58 bits per heavy atom. The van der Waals surface area contributed by atoms with Crippen molar-refractivity contribution in [2.45, 2.75) is 51.1 Å². The van der Waals surface area contributed by atoms with Crippen LogP contribution in [0, 0.1) is 5.92 Å². The summed E-state index contributed by atoms with van der Waals surface area (Å²) in [7, 11) is 0. The average molecular weight is 263 g/mol. The average Bonchev–Trinajstić information content (AvgIpc) is 2.77. The molecular formula is C15H21NO3. The number of hydrogen-bond donors (Lipinski definition) is 1. The summed E-state index contributed by atoms with van der Waals surface area (Å²) in [5, 5.41) is 9.39. The second-order valence-electron chi connectivity index (χ2n) is 6.23. The quantitative estimate of drug-likeness (QED) is 0.907. The first-order chi connectivity index (χ1) is 9.00. The SMILES string of the molecule is CC1CC1c1ccc(CN2CCCC2(C)C(=O)O)o1. The van der Waals surface area contributed by atoms with E-state index in [1.807, 2.05) is 17.9 Å². The summed E-state index contributed by atoms with van der Waals surface area (Å²) in [6, 6.07) is 4.05. The lowest BCUT2D eigenvalue weighted by atomic mass is 9.99. The van der Waals surface area contributed by atoms with Gasteiger partial charge in [0.2, 0.25) is 0 Å². The Balaban J connectivity index is 1.71. The van der Waals surface area contributed by atoms with Gasteiger partial charge in [-0.2, -0.15) is 0 Å². The van der Waals surface area contributed by atoms with Crippen LogP contribution in [0.1, 0.15) is 50.5 Å². The lowest BCUT2D eigenvalue weighted by Crippen LogP contribution is -2.47. The first-order valence-corrected chi connectivity index (χ1v) is 7.08. The number of rotatable bonds is 4. The van der Waals surface area contributed by atoms with Gasteiger partial charge in [0.15, 0.2) is 0 Å². The lowest BCUT2D eigenvalue weighted by molar-refractivity contribution is -0.149. The van der Waals surface area contributed by atoms with Crippen LogP contribution in [0.2, 0.25) is 0 Å². The Hall–Kier alpha value is -1.29. The van der Waals surface area contributed by atoms with E-state index in [4.69, 9.17) is 4.42 Å². The maximum Gasteiger partial charge on any atom is 0.323 e. The van der Waals surface area contributed by atoms with Crippen LogP contribution in [0.5, 0.6) is 0 Å². The maximum atomic E-state index is 11.4. The molecule has 1 N–H and O–H groups in total. The zero-order chi connectivity index (χ0) is 13.6. The van der Waals surface area contributed by atoms with Gasteiger partial charge in [0.25, 0.3) is 0 Å². The highest BCUT2D eigenvalue weighted by Crippen LogP contribution is 2.47. The number of hydrogen-bond acceptors (Lipinski definition) is 3. The van der Waals surface area contributed by atoms with Gasteiger partial charge >= 0.3 is 5.97 Å². The van der Waals surface area contributed by atoms with Gasteiger partial charge in [0, 0.05) is 5.92 Å². The van der Waals surface area contributed by atoms with Crippen molar-refractivity contribution in [2.75, 3.05) is 6.54 Å². The van der Waals surface area contributed by atoms with E-state index in [0.29, 0.717) is 12.5 Å². The third-order valence-electron chi connectivity index (χ3n) is 4.75. The molecule has 2 aliphatic rings. The minimum atomic E-state index is -0.736. The first-order valence-electron chi connectivity index (χ1n) is 7.08. The van der Waals surface area contributed by atoms with Gasteiger partial charge in [-0.25, -0.2) is 0 Å². The van der Waals surface area contributed by atoms with Gasteiger partial charge in [-0.1, -0.05) is 6.92 Å². The molecule has 0 aromatic carbocycles. The molecule has 4 nitrogen and oxygen atoms in total. The van der Waals surface area contributed by atoms with Crippen LogP contribution in [0.25, 0.3) is 0 Å². The fourth-order valence-corrected chi connectivity index (χ4v) is 3.10. The van der Waals surface area contributed by atoms with Gasteiger partial charge in [0.1, 0.15) is 17.1 Å². The van der Waals surface area contributed by atoms with Crippen LogP contribution in [-0.4, -0.2) is 28.1 Å². The molecule has 1 saturated carbocycles. The number of carbonyl (C=O) groups is 1. The van der Waals surface area contributed by atoms with Crippen LogP contribution < -0.4 is 0 Å². The molecule has 1 aromatic rings. The highest BCUT2D eigenvalue weighted by atomic mass is 16.4. The lowest BCUT2D eigenvalue weighted by Gasteiger charge is -2.30. The number of furan rings is 1. The van der Waals surface area contributed by atoms with Crippen molar-refractivity contribution in [3.05, 3.63) is 23.7 Å². The van der Waals surface area contributed by atoms with Gasteiger partial charge in [-0.05, 0) is 50.8 Å². The van der Waals surface area contributed by atoms with Crippen molar-refractivity contribution in [2.24, 2.45) is 5.92 Å². The van der Waals surface area contributed by atoms with Gasteiger partial charge in [-0.15, -0.1) is 0 Å². The number of nitrogens with zero attached hydrogens (tertiary/aromatic N) is 1. The summed E-state index contributed by atoms with van der Waals surface area (Å²) >= 11 is 0. The normalized spacial score (nSPS) is 34.6. The fraction of sp³-hybridized carbons (Fsp3) is 0.667. The van der Waals surface area contributed by atoms with Crippen molar-refractivity contribution >= 4 is 5.97 Å². The molecular weight excluding hydrogens is 242 g/mol. The predicted octanol–water partition coefficient (Wildman–Crippen LogP) is 2.84. The number of likely N-dealkylation sites (tertiary alicyclic amines) is 1. The maximum absolute atomic E-state index is 11.4. The van der Waals surface area contributed by atoms with Crippen molar-refractivity contribution in [3.8, 4) is 0 Å². The van der Waals surface area contributed by atoms with Crippen LogP contribution >= 0.6 is 0 Å². The van der Waals surface area contributed by atoms with E-state index in [1.54, 1.807) is 0 Å². The molecule has 1 aliphatic carbocycles. The van der Waals surface area contributed by atoms with E-state index in [1.165, 1.54) is 6.42 Å². The molecule has 104 valence electrons. The predicted molar refractivity (Wildman–Crippen MR) is 70.9 cm³/mol. The summed E-state index contributed by atoms with van der Waals surface area (Å²) in [6.07, 6.45) is 2.87. The fourth-order valence-electron chi connectivity index (χ4n) is 3.10. The van der Waals surface area contributed by atoms with E-state index in [2.05, 4.69) is 13.0 Å². The molecule has 1 saturated heterocycles. The topological polar surface area (TPSA) is 53.7 Å². The molecule has 0 spiro atoms. The third kappa shape index (κ3) is 2.18. The largest absolute Gasteiger partial charge is 0.480 e. The molecule has 1 aromatic heterocycles. The first kappa shape index (κ1) is 12.7. The van der Waals surface area contributed by atoms with E-state index >= 15 is 0 Å². The molecule has 0 radical (unpaired) electrons. The van der Waals surface area contributed by atoms with Crippen molar-refractivity contribution in [1.29, 1.82) is 0 Å². The molecule has 3 atom stereocenters. The van der Waals surface area contributed by atoms with Crippen molar-refractivity contribution in [1.82, 2.24) is 4.90 Å². The van der Waals surface area contributed by atoms with Crippen LogP contribution in [0.3, 0.4) is 0 Å². The van der Waals surface area contributed by atoms with E-state index < -0.39 is 11.5 Å². The van der Waals surface area contributed by atoms with Crippen molar-refractivity contribution < 1.29 is 14.3 Å². The van der Waals surface area contributed by atoms with E-state index in [0.717, 1.165) is 36.8 Å². The van der Waals surface area contributed by atoms with E-state index in [9.17, 15) is 9.90 Å². The smallest absolute Gasteiger partial charge is 0.323 e. The molecule has 1 aliphatic heterocycles. The summed E-state index contributed by atoms with van der Waals surface area (Å²) < 4.78 is 5.88. The Kier molecular flexibility index (Phi) is 2.93. The van der Waals surface area contributed by atoms with Gasteiger partial charge in [-0.3, -0.25) is 9.69 Å². The molecule has 4 heteroatoms. The Labute approximate surface area is 113 Å². The Morgan fingerprint density at radius 2 is 2.32 bits per heavy atom. The summed E-state index contributed by atoms with van der Waals surface area (Å²) in [5.41, 5.74) is -0.736. The number of aliphatic carboxylic acids is 1. The Bertz CT molecular complexity index is 495. The van der Waals surface area contributed by atoms with Crippen LogP contribution in [0.4, 0.5) is 0 Å². The molecule has 19 heavy (non-hydrogen) atoms. The van der Waals surface area contributed by atoms with E-state index in [-0.39, 0.29) is 0 Å². The minimum absolute atomic E-state index is 0.582. The Morgan fingerprint density at radius 3 is 2.95 bits per heavy atom. The number of carboxylic acids is 1. The zero-order valence-electron chi connectivity index (χ0n) is 11.6. The van der Waals surface area contributed by atoms with Gasteiger partial charge < -0.3 is 9.52 Å². The monoisotopic (exact) mass is 263 g/mol. The molecule has 0 bridgehead atoms. The van der Waals surface area contributed by atoms with Gasteiger partial charge in [0.05, 0.1) is 6.54 Å². The molecule has 2 fully saturated rings. The van der Waals surface area contributed by atoms with Crippen molar-refractivity contribution in [3.63, 3.8) is 0 Å². The second kappa shape index (κ2) is 4.37. The molecule has 3 unspecified atom stereocenters. The second-order valence-corrected chi connectivity index (χ2v) is 6.23. The highest BCUT2D eigenvalue weighted by Gasteiger charge is 2.43. The third-order valence-corrected chi connectivity index (χ3v) is 4.75. The molecule has 0 amide bonds. The summed E-state index contributed by atoms with van der Waals surface area (Å²) in [6.45, 7) is 5.48. The van der Waals surface area contributed by atoms with Crippen LogP contribution in [0.15, 0.2) is 16.5 Å². The summed E-state index contributed by atoms with van der Waals surface area (Å²) in [5.74, 6) is 2.54. The highest BCUT2D eigenvalue weighted by molar-refractivity contribution is 5.78. The minimum Gasteiger partial charge on any atom is -0.480 e. The number of carboxylic acid groups (broad SMARTS) is 1. The standard InChI is InChI=1S/C15H21NO3/c1-10-8-12(10)13-5-4-11(19-13)9-16-7-3-6-15(16,2)14(17)18/h4-5,10,12H,3,6-9H2,1-2H3,(H,17,18). The summed E-state index contributed by atoms with van der Waals surface area (Å²) in [4.78, 5) is 13.4. The zero-order valence-corrected chi connectivity index (χ0v) is 11.6. The molecule has 2 heterocycles.